The molecule has 6 heteroatoms. The topological polar surface area (TPSA) is 63.1 Å². The number of amidine groups is 1. The Kier molecular flexibility index (Phi) is 3.31. The van der Waals surface area contributed by atoms with Gasteiger partial charge < -0.3 is 5.73 Å². The summed E-state index contributed by atoms with van der Waals surface area (Å²) in [5.41, 5.74) is 9.13. The molecule has 2 rings (SSSR count). The highest BCUT2D eigenvalue weighted by Gasteiger charge is 2.13. The maximum Gasteiger partial charge on any atom is 0.233 e. The van der Waals surface area contributed by atoms with Crippen molar-refractivity contribution in [3.05, 3.63) is 28.8 Å². The van der Waals surface area contributed by atoms with Crippen molar-refractivity contribution in [3.8, 4) is 0 Å². The summed E-state index contributed by atoms with van der Waals surface area (Å²) in [6.45, 7) is 6.16. The van der Waals surface area contributed by atoms with Gasteiger partial charge in [-0.15, -0.1) is 0 Å². The number of benzene rings is 1. The molecule has 1 unspecified atom stereocenters. The van der Waals surface area contributed by atoms with Crippen LogP contribution in [0.5, 0.6) is 0 Å². The third-order valence-electron chi connectivity index (χ3n) is 2.34. The highest BCUT2D eigenvalue weighted by Crippen LogP contribution is 2.24. The summed E-state index contributed by atoms with van der Waals surface area (Å²) in [7, 11) is -0.674. The van der Waals surface area contributed by atoms with Crippen LogP contribution < -0.4 is 5.73 Å². The van der Waals surface area contributed by atoms with E-state index in [1.54, 1.807) is 0 Å². The molecule has 0 saturated heterocycles. The van der Waals surface area contributed by atoms with E-state index in [0.717, 1.165) is 16.0 Å². The van der Waals surface area contributed by atoms with Crippen molar-refractivity contribution in [2.75, 3.05) is 0 Å². The molecular weight excluding hydrogens is 256 g/mol. The first-order valence-corrected chi connectivity index (χ1v) is 6.61. The zero-order valence-electron chi connectivity index (χ0n) is 9.86. The van der Waals surface area contributed by atoms with Crippen molar-refractivity contribution < 1.29 is 0 Å². The van der Waals surface area contributed by atoms with Gasteiger partial charge in [-0.2, -0.15) is 13.8 Å². The molecule has 0 aromatic heterocycles. The molecule has 17 heavy (non-hydrogen) atoms. The largest absolute Gasteiger partial charge is 0.367 e. The molecule has 1 aromatic rings. The fourth-order valence-corrected chi connectivity index (χ4v) is 3.46. The number of nitrogens with two attached hydrogens (primary N) is 1. The molecular formula is C11H13ClN4S. The van der Waals surface area contributed by atoms with Gasteiger partial charge in [-0.25, -0.2) is 0 Å². The smallest absolute Gasteiger partial charge is 0.233 e. The molecule has 2 N–H and O–H groups in total. The molecule has 0 amide bonds. The minimum atomic E-state index is -0.674. The Morgan fingerprint density at radius 1 is 1.18 bits per heavy atom. The molecule has 1 aliphatic heterocycles. The predicted molar refractivity (Wildman–Crippen MR) is 73.6 cm³/mol. The van der Waals surface area contributed by atoms with Crippen molar-refractivity contribution in [1.82, 2.24) is 0 Å². The van der Waals surface area contributed by atoms with Gasteiger partial charge in [-0.1, -0.05) is 17.7 Å². The molecule has 1 aromatic carbocycles. The first kappa shape index (κ1) is 12.3. The average Bonchev–Trinajstić information content (AvgIpc) is 2.13. The van der Waals surface area contributed by atoms with Gasteiger partial charge in [0.25, 0.3) is 0 Å². The summed E-state index contributed by atoms with van der Waals surface area (Å²) >= 11 is 5.82. The summed E-state index contributed by atoms with van der Waals surface area (Å²) in [5, 5.41) is 0.167. The molecule has 1 aliphatic rings. The molecule has 0 bridgehead atoms. The second-order valence-corrected chi connectivity index (χ2v) is 5.55. The summed E-state index contributed by atoms with van der Waals surface area (Å²) in [4.78, 5) is 4.86. The van der Waals surface area contributed by atoms with Crippen molar-refractivity contribution in [1.29, 1.82) is 0 Å². The standard InChI is InChI=1S/C11H13ClN4S/c1-6-4-7(2)9(8(3)5-6)17-15-10(12)14-11(13)16-17/h4-5H,1-3H3,(H2,13,14,15,16). The Balaban J connectivity index is 2.61. The lowest BCUT2D eigenvalue weighted by Gasteiger charge is -2.13. The Labute approximate surface area is 108 Å². The maximum atomic E-state index is 5.82. The van der Waals surface area contributed by atoms with Crippen molar-refractivity contribution in [2.45, 2.75) is 25.7 Å². The SMILES string of the molecule is Cc1cc(C)c(S2=NC(N)=NC(Cl)=N2)c(C)c1. The van der Waals surface area contributed by atoms with E-state index in [1.807, 2.05) is 13.8 Å². The van der Waals surface area contributed by atoms with E-state index in [2.05, 4.69) is 32.8 Å². The first-order chi connectivity index (χ1) is 7.97. The monoisotopic (exact) mass is 268 g/mol. The molecule has 0 saturated carbocycles. The van der Waals surface area contributed by atoms with Gasteiger partial charge in [0.05, 0.1) is 10.9 Å². The van der Waals surface area contributed by atoms with Crippen molar-refractivity contribution in [3.63, 3.8) is 0 Å². The number of hydrogen-bond donors (Lipinski definition) is 1. The number of guanidine groups is 1. The Hall–Kier alpha value is -1.20. The summed E-state index contributed by atoms with van der Waals surface area (Å²) < 4.78 is 8.47. The third-order valence-corrected chi connectivity index (χ3v) is 4.32. The number of aliphatic imine (C=N–C) groups is 1. The van der Waals surface area contributed by atoms with Crippen LogP contribution in [0.15, 0.2) is 30.8 Å². The zero-order chi connectivity index (χ0) is 12.6. The van der Waals surface area contributed by atoms with E-state index in [-0.39, 0.29) is 11.3 Å². The Bertz CT molecular complexity index is 549. The quantitative estimate of drug-likeness (QED) is 0.782. The van der Waals surface area contributed by atoms with Gasteiger partial charge in [-0.05, 0) is 43.5 Å². The van der Waals surface area contributed by atoms with Crippen LogP contribution in [-0.2, 0) is 10.9 Å². The van der Waals surface area contributed by atoms with E-state index in [9.17, 15) is 0 Å². The van der Waals surface area contributed by atoms with E-state index < -0.39 is 10.9 Å². The van der Waals surface area contributed by atoms with Gasteiger partial charge in [0, 0.05) is 4.90 Å². The number of hydrogen-bond acceptors (Lipinski definition) is 4. The molecule has 1 heterocycles. The lowest BCUT2D eigenvalue weighted by atomic mass is 10.1. The highest BCUT2D eigenvalue weighted by molar-refractivity contribution is 7.86. The maximum absolute atomic E-state index is 5.82. The molecule has 4 nitrogen and oxygen atoms in total. The third kappa shape index (κ3) is 2.56. The molecule has 90 valence electrons. The van der Waals surface area contributed by atoms with Gasteiger partial charge in [0.2, 0.25) is 11.3 Å². The summed E-state index contributed by atoms with van der Waals surface area (Å²) in [6.07, 6.45) is 0. The lowest BCUT2D eigenvalue weighted by molar-refractivity contribution is 1.18. The fourth-order valence-electron chi connectivity index (χ4n) is 1.86. The minimum absolute atomic E-state index is 0.167. The van der Waals surface area contributed by atoms with E-state index >= 15 is 0 Å². The van der Waals surface area contributed by atoms with Gasteiger partial charge in [-0.3, -0.25) is 0 Å². The van der Waals surface area contributed by atoms with E-state index in [4.69, 9.17) is 17.3 Å². The van der Waals surface area contributed by atoms with E-state index in [0.29, 0.717) is 0 Å². The van der Waals surface area contributed by atoms with Crippen LogP contribution in [0, 0.1) is 20.8 Å². The minimum Gasteiger partial charge on any atom is -0.367 e. The summed E-state index contributed by atoms with van der Waals surface area (Å²) in [5.74, 6) is 0.188. The first-order valence-electron chi connectivity index (χ1n) is 5.10. The van der Waals surface area contributed by atoms with Gasteiger partial charge in [0.15, 0.2) is 0 Å². The van der Waals surface area contributed by atoms with Crippen molar-refractivity contribution >= 4 is 33.7 Å². The van der Waals surface area contributed by atoms with Crippen molar-refractivity contribution in [2.24, 2.45) is 19.5 Å². The van der Waals surface area contributed by atoms with Crippen LogP contribution in [-0.4, -0.2) is 11.3 Å². The number of rotatable bonds is 1. The molecule has 0 radical (unpaired) electrons. The lowest BCUT2D eigenvalue weighted by Crippen LogP contribution is -2.15. The molecule has 1 atom stereocenters. The van der Waals surface area contributed by atoms with Crippen LogP contribution in [0.4, 0.5) is 0 Å². The van der Waals surface area contributed by atoms with Crippen LogP contribution in [0.1, 0.15) is 16.7 Å². The van der Waals surface area contributed by atoms with Crippen LogP contribution in [0.25, 0.3) is 0 Å². The second-order valence-electron chi connectivity index (χ2n) is 3.91. The van der Waals surface area contributed by atoms with Gasteiger partial charge >= 0.3 is 0 Å². The van der Waals surface area contributed by atoms with Crippen LogP contribution in [0.2, 0.25) is 0 Å². The molecule has 0 fully saturated rings. The highest BCUT2D eigenvalue weighted by atomic mass is 35.5. The predicted octanol–water partition coefficient (Wildman–Crippen LogP) is 2.61. The number of aryl methyl sites for hydroxylation is 3. The summed E-state index contributed by atoms with van der Waals surface area (Å²) in [6, 6.07) is 4.21. The second kappa shape index (κ2) is 4.58. The molecule has 0 spiro atoms. The van der Waals surface area contributed by atoms with Crippen LogP contribution >= 0.6 is 11.6 Å². The van der Waals surface area contributed by atoms with E-state index in [1.165, 1.54) is 5.56 Å². The van der Waals surface area contributed by atoms with Gasteiger partial charge in [0.1, 0.15) is 0 Å². The fraction of sp³-hybridized carbons (Fsp3) is 0.273. The normalized spacial score (nSPS) is 19.4. The average molecular weight is 269 g/mol. The zero-order valence-corrected chi connectivity index (χ0v) is 11.4. The number of nitrogens with zero attached hydrogens (tertiary/aromatic N) is 3. The Morgan fingerprint density at radius 3 is 2.29 bits per heavy atom. The molecule has 0 aliphatic carbocycles. The van der Waals surface area contributed by atoms with Crippen LogP contribution in [0.3, 0.4) is 0 Å². The number of halogens is 1. The Morgan fingerprint density at radius 2 is 1.76 bits per heavy atom.